The number of hydrogen-bond acceptors (Lipinski definition) is 9. The van der Waals surface area contributed by atoms with Crippen LogP contribution in [0.4, 0.5) is 0 Å². The summed E-state index contributed by atoms with van der Waals surface area (Å²) in [6.07, 6.45) is -0.393. The van der Waals surface area contributed by atoms with Gasteiger partial charge in [0.05, 0.1) is 50.0 Å². The number of carbonyl (C=O) groups is 3. The lowest BCUT2D eigenvalue weighted by molar-refractivity contribution is -0.150. The molecular weight excluding hydrogens is 350 g/mol. The number of ketones is 1. The number of thiophene rings is 1. The second-order valence-electron chi connectivity index (χ2n) is 4.91. The van der Waals surface area contributed by atoms with Crippen LogP contribution in [0.5, 0.6) is 11.6 Å². The lowest BCUT2D eigenvalue weighted by Crippen LogP contribution is -2.28. The third-order valence-electron chi connectivity index (χ3n) is 3.49. The van der Waals surface area contributed by atoms with E-state index in [0.717, 1.165) is 18.4 Å². The molecule has 9 heteroatoms. The Labute approximate surface area is 147 Å². The van der Waals surface area contributed by atoms with Crippen LogP contribution < -0.4 is 9.47 Å². The summed E-state index contributed by atoms with van der Waals surface area (Å²) in [4.78, 5) is 40.6. The van der Waals surface area contributed by atoms with E-state index in [9.17, 15) is 14.4 Å². The lowest BCUT2D eigenvalue weighted by Gasteiger charge is -2.11. The summed E-state index contributed by atoms with van der Waals surface area (Å²) in [6.45, 7) is 0. The van der Waals surface area contributed by atoms with Gasteiger partial charge in [0, 0.05) is 6.07 Å². The van der Waals surface area contributed by atoms with Crippen molar-refractivity contribution in [1.29, 1.82) is 0 Å². The molecule has 134 valence electrons. The van der Waals surface area contributed by atoms with Gasteiger partial charge in [-0.05, 0) is 6.07 Å². The Balaban J connectivity index is 2.42. The maximum Gasteiger partial charge on any atom is 0.317 e. The van der Waals surface area contributed by atoms with E-state index in [-0.39, 0.29) is 10.8 Å². The molecule has 2 rings (SSSR count). The smallest absolute Gasteiger partial charge is 0.317 e. The molecule has 1 atom stereocenters. The van der Waals surface area contributed by atoms with Gasteiger partial charge in [-0.2, -0.15) is 0 Å². The standard InChI is InChI=1S/C16H17NO7S/c1-21-10-7-11-9(17-15(10)23-3)6-12(25-11)14(19)8(16(20)24-4)5-13(18)22-2/h6-8H,5H2,1-4H3. The molecule has 2 heterocycles. The molecule has 1 unspecified atom stereocenters. The summed E-state index contributed by atoms with van der Waals surface area (Å²) in [6, 6.07) is 3.23. The number of rotatable bonds is 7. The molecule has 0 saturated carbocycles. The van der Waals surface area contributed by atoms with Gasteiger partial charge >= 0.3 is 11.9 Å². The fourth-order valence-corrected chi connectivity index (χ4v) is 3.22. The van der Waals surface area contributed by atoms with E-state index >= 15 is 0 Å². The van der Waals surface area contributed by atoms with E-state index in [0.29, 0.717) is 16.0 Å². The first kappa shape index (κ1) is 18.7. The van der Waals surface area contributed by atoms with Crippen LogP contribution in [0.2, 0.25) is 0 Å². The molecule has 0 fully saturated rings. The number of ether oxygens (including phenoxy) is 4. The van der Waals surface area contributed by atoms with Crippen molar-refractivity contribution in [1.82, 2.24) is 4.98 Å². The summed E-state index contributed by atoms with van der Waals surface area (Å²) in [5.41, 5.74) is 0.521. The Hall–Kier alpha value is -2.68. The van der Waals surface area contributed by atoms with Crippen molar-refractivity contribution in [2.75, 3.05) is 28.4 Å². The molecule has 0 aliphatic heterocycles. The van der Waals surface area contributed by atoms with E-state index in [1.165, 1.54) is 27.4 Å². The highest BCUT2D eigenvalue weighted by atomic mass is 32.1. The van der Waals surface area contributed by atoms with E-state index in [1.54, 1.807) is 6.07 Å². The Kier molecular flexibility index (Phi) is 5.92. The highest BCUT2D eigenvalue weighted by Gasteiger charge is 2.32. The van der Waals surface area contributed by atoms with Crippen molar-refractivity contribution in [2.24, 2.45) is 5.92 Å². The van der Waals surface area contributed by atoms with Crippen molar-refractivity contribution in [3.63, 3.8) is 0 Å². The van der Waals surface area contributed by atoms with Gasteiger partial charge in [0.1, 0.15) is 5.92 Å². The van der Waals surface area contributed by atoms with Crippen LogP contribution in [-0.2, 0) is 19.1 Å². The fraction of sp³-hybridized carbons (Fsp3) is 0.375. The first-order chi connectivity index (χ1) is 11.9. The predicted octanol–water partition coefficient (Wildman–Crippen LogP) is 1.85. The topological polar surface area (TPSA) is 101 Å². The van der Waals surface area contributed by atoms with Crippen LogP contribution in [0.15, 0.2) is 12.1 Å². The molecule has 0 aliphatic rings. The number of esters is 2. The van der Waals surface area contributed by atoms with Gasteiger partial charge in [-0.1, -0.05) is 0 Å². The molecule has 25 heavy (non-hydrogen) atoms. The largest absolute Gasteiger partial charge is 0.491 e. The van der Waals surface area contributed by atoms with E-state index in [1.807, 2.05) is 0 Å². The SMILES string of the molecule is COC(=O)CC(C(=O)OC)C(=O)c1cc2nc(OC)c(OC)cc2s1. The molecule has 0 amide bonds. The van der Waals surface area contributed by atoms with Crippen LogP contribution in [-0.4, -0.2) is 51.1 Å². The van der Waals surface area contributed by atoms with Crippen molar-refractivity contribution in [3.05, 3.63) is 17.0 Å². The average Bonchev–Trinajstić information content (AvgIpc) is 3.06. The highest BCUT2D eigenvalue weighted by Crippen LogP contribution is 2.34. The van der Waals surface area contributed by atoms with Gasteiger partial charge < -0.3 is 18.9 Å². The zero-order valence-electron chi connectivity index (χ0n) is 14.2. The normalized spacial score (nSPS) is 11.7. The number of hydrogen-bond donors (Lipinski definition) is 0. The van der Waals surface area contributed by atoms with Crippen LogP contribution in [0.25, 0.3) is 10.2 Å². The molecule has 2 aromatic rings. The number of pyridine rings is 1. The van der Waals surface area contributed by atoms with Crippen LogP contribution in [0.1, 0.15) is 16.1 Å². The van der Waals surface area contributed by atoms with Gasteiger partial charge in [0.25, 0.3) is 5.88 Å². The molecule has 0 N–H and O–H groups in total. The summed E-state index contributed by atoms with van der Waals surface area (Å²) < 4.78 is 20.2. The summed E-state index contributed by atoms with van der Waals surface area (Å²) in [5, 5.41) is 0. The van der Waals surface area contributed by atoms with E-state index < -0.39 is 30.1 Å². The third-order valence-corrected chi connectivity index (χ3v) is 4.58. The number of Topliss-reactive ketones (excluding diaryl/α,β-unsaturated/α-hetero) is 1. The Morgan fingerprint density at radius 1 is 1.08 bits per heavy atom. The van der Waals surface area contributed by atoms with E-state index in [4.69, 9.17) is 9.47 Å². The zero-order chi connectivity index (χ0) is 18.6. The molecule has 8 nitrogen and oxygen atoms in total. The second-order valence-corrected chi connectivity index (χ2v) is 6.00. The summed E-state index contributed by atoms with van der Waals surface area (Å²) in [5.74, 6) is -2.56. The van der Waals surface area contributed by atoms with Crippen molar-refractivity contribution >= 4 is 39.3 Å². The van der Waals surface area contributed by atoms with E-state index in [2.05, 4.69) is 14.5 Å². The Morgan fingerprint density at radius 3 is 2.36 bits per heavy atom. The predicted molar refractivity (Wildman–Crippen MR) is 89.2 cm³/mol. The van der Waals surface area contributed by atoms with Crippen LogP contribution in [0.3, 0.4) is 0 Å². The van der Waals surface area contributed by atoms with Crippen LogP contribution in [0, 0.1) is 5.92 Å². The minimum absolute atomic E-state index is 0.275. The third kappa shape index (κ3) is 3.87. The minimum atomic E-state index is -1.27. The lowest BCUT2D eigenvalue weighted by atomic mass is 9.99. The second kappa shape index (κ2) is 7.93. The number of carbonyl (C=O) groups excluding carboxylic acids is 3. The quantitative estimate of drug-likeness (QED) is 0.415. The average molecular weight is 367 g/mol. The van der Waals surface area contributed by atoms with Crippen LogP contribution >= 0.6 is 11.3 Å². The molecule has 0 bridgehead atoms. The molecule has 0 aromatic carbocycles. The maximum absolute atomic E-state index is 12.7. The van der Waals surface area contributed by atoms with Gasteiger partial charge in [-0.15, -0.1) is 11.3 Å². The fourth-order valence-electron chi connectivity index (χ4n) is 2.19. The number of methoxy groups -OCH3 is 4. The minimum Gasteiger partial charge on any atom is -0.491 e. The van der Waals surface area contributed by atoms with Crippen molar-refractivity contribution in [3.8, 4) is 11.6 Å². The maximum atomic E-state index is 12.7. The molecule has 2 aromatic heterocycles. The first-order valence-corrected chi connectivity index (χ1v) is 7.98. The van der Waals surface area contributed by atoms with Gasteiger partial charge in [-0.3, -0.25) is 14.4 Å². The Morgan fingerprint density at radius 2 is 1.80 bits per heavy atom. The first-order valence-electron chi connectivity index (χ1n) is 7.16. The van der Waals surface area contributed by atoms with Crippen molar-refractivity contribution in [2.45, 2.75) is 6.42 Å². The van der Waals surface area contributed by atoms with Crippen molar-refractivity contribution < 1.29 is 33.3 Å². The molecular formula is C16H17NO7S. The molecule has 0 spiro atoms. The van der Waals surface area contributed by atoms with Gasteiger partial charge in [-0.25, -0.2) is 4.98 Å². The summed E-state index contributed by atoms with van der Waals surface area (Å²) >= 11 is 1.14. The zero-order valence-corrected chi connectivity index (χ0v) is 15.0. The number of aromatic nitrogens is 1. The summed E-state index contributed by atoms with van der Waals surface area (Å²) in [7, 11) is 5.28. The molecule has 0 aliphatic carbocycles. The monoisotopic (exact) mass is 367 g/mol. The molecule has 0 saturated heterocycles. The van der Waals surface area contributed by atoms with Gasteiger partial charge in [0.15, 0.2) is 11.5 Å². The Bertz CT molecular complexity index is 773. The highest BCUT2D eigenvalue weighted by molar-refractivity contribution is 7.20. The van der Waals surface area contributed by atoms with Gasteiger partial charge in [0.2, 0.25) is 0 Å². The number of nitrogens with zero attached hydrogens (tertiary/aromatic N) is 1. The number of fused-ring (bicyclic) bond motifs is 1. The molecule has 0 radical (unpaired) electrons.